The Morgan fingerprint density at radius 3 is 2.67 bits per heavy atom. The third kappa shape index (κ3) is 2.38. The van der Waals surface area contributed by atoms with Gasteiger partial charge in [-0.3, -0.25) is 9.59 Å². The topological polar surface area (TPSA) is 40.6 Å². The first kappa shape index (κ1) is 13.4. The van der Waals surface area contributed by atoms with Gasteiger partial charge in [0.1, 0.15) is 12.1 Å². The third-order valence-electron chi connectivity index (χ3n) is 4.18. The van der Waals surface area contributed by atoms with E-state index in [4.69, 9.17) is 0 Å². The Labute approximate surface area is 109 Å². The smallest absolute Gasteiger partial charge is 0.246 e. The second kappa shape index (κ2) is 5.72. The summed E-state index contributed by atoms with van der Waals surface area (Å²) < 4.78 is 0. The molecule has 18 heavy (non-hydrogen) atoms. The van der Waals surface area contributed by atoms with Crippen LogP contribution in [0.3, 0.4) is 0 Å². The summed E-state index contributed by atoms with van der Waals surface area (Å²) in [6.45, 7) is 5.56. The predicted octanol–water partition coefficient (Wildman–Crippen LogP) is 1.79. The summed E-state index contributed by atoms with van der Waals surface area (Å²) in [7, 11) is 0. The molecule has 0 radical (unpaired) electrons. The second-order valence-corrected chi connectivity index (χ2v) is 5.46. The van der Waals surface area contributed by atoms with Crippen LogP contribution in [0.4, 0.5) is 0 Å². The maximum atomic E-state index is 12.4. The molecule has 0 aromatic heterocycles. The molecule has 0 spiro atoms. The van der Waals surface area contributed by atoms with Crippen LogP contribution in [0, 0.1) is 0 Å². The fraction of sp³-hybridized carbons (Fsp3) is 0.857. The summed E-state index contributed by atoms with van der Waals surface area (Å²) in [5.74, 6) is 0.323. The molecule has 0 aromatic carbocycles. The lowest BCUT2D eigenvalue weighted by Crippen LogP contribution is -2.61. The van der Waals surface area contributed by atoms with Crippen molar-refractivity contribution in [3.63, 3.8) is 0 Å². The molecule has 2 heterocycles. The minimum atomic E-state index is -0.256. The molecule has 0 N–H and O–H groups in total. The zero-order valence-electron chi connectivity index (χ0n) is 11.5. The summed E-state index contributed by atoms with van der Waals surface area (Å²) in [4.78, 5) is 28.1. The Hall–Kier alpha value is -1.06. The molecule has 2 atom stereocenters. The molecule has 2 unspecified atom stereocenters. The largest absolute Gasteiger partial charge is 0.329 e. The fourth-order valence-electron chi connectivity index (χ4n) is 3.06. The van der Waals surface area contributed by atoms with E-state index in [-0.39, 0.29) is 23.9 Å². The Kier molecular flexibility index (Phi) is 4.25. The van der Waals surface area contributed by atoms with Gasteiger partial charge in [0.05, 0.1) is 0 Å². The predicted molar refractivity (Wildman–Crippen MR) is 70.1 cm³/mol. The van der Waals surface area contributed by atoms with Crippen molar-refractivity contribution in [1.29, 1.82) is 0 Å². The number of hydrogen-bond donors (Lipinski definition) is 0. The normalized spacial score (nSPS) is 27.9. The maximum absolute atomic E-state index is 12.4. The van der Waals surface area contributed by atoms with Crippen molar-refractivity contribution in [2.24, 2.45) is 0 Å². The van der Waals surface area contributed by atoms with Gasteiger partial charge in [-0.25, -0.2) is 0 Å². The molecule has 2 aliphatic heterocycles. The van der Waals surface area contributed by atoms with Crippen LogP contribution < -0.4 is 0 Å². The SMILES string of the molecule is CCCCCCN1C(=O)C2CCCN2C(=O)C1C. The van der Waals surface area contributed by atoms with E-state index in [2.05, 4.69) is 6.92 Å². The molecular weight excluding hydrogens is 228 g/mol. The van der Waals surface area contributed by atoms with E-state index in [0.29, 0.717) is 0 Å². The van der Waals surface area contributed by atoms with Gasteiger partial charge in [0, 0.05) is 13.1 Å². The number of hydrogen-bond acceptors (Lipinski definition) is 2. The van der Waals surface area contributed by atoms with E-state index < -0.39 is 0 Å². The molecule has 2 aliphatic rings. The standard InChI is InChI=1S/C14H24N2O2/c1-3-4-5-6-9-15-11(2)13(17)16-10-7-8-12(16)14(15)18/h11-12H,3-10H2,1-2H3. The van der Waals surface area contributed by atoms with Crippen molar-refractivity contribution in [2.75, 3.05) is 13.1 Å². The van der Waals surface area contributed by atoms with Gasteiger partial charge in [0.15, 0.2) is 0 Å². The van der Waals surface area contributed by atoms with Gasteiger partial charge in [-0.2, -0.15) is 0 Å². The van der Waals surface area contributed by atoms with Gasteiger partial charge < -0.3 is 9.80 Å². The van der Waals surface area contributed by atoms with Gasteiger partial charge >= 0.3 is 0 Å². The maximum Gasteiger partial charge on any atom is 0.246 e. The average molecular weight is 252 g/mol. The summed E-state index contributed by atoms with van der Waals surface area (Å²) >= 11 is 0. The van der Waals surface area contributed by atoms with Gasteiger partial charge in [-0.15, -0.1) is 0 Å². The Morgan fingerprint density at radius 2 is 1.94 bits per heavy atom. The molecular formula is C14H24N2O2. The molecule has 4 heteroatoms. The van der Waals surface area contributed by atoms with Gasteiger partial charge in [-0.1, -0.05) is 26.2 Å². The minimum absolute atomic E-state index is 0.146. The van der Waals surface area contributed by atoms with Crippen molar-refractivity contribution in [2.45, 2.75) is 64.5 Å². The molecule has 2 saturated heterocycles. The minimum Gasteiger partial charge on any atom is -0.329 e. The van der Waals surface area contributed by atoms with Crippen molar-refractivity contribution in [3.8, 4) is 0 Å². The highest BCUT2D eigenvalue weighted by Gasteiger charge is 2.45. The number of amides is 2. The van der Waals surface area contributed by atoms with Crippen molar-refractivity contribution >= 4 is 11.8 Å². The molecule has 4 nitrogen and oxygen atoms in total. The van der Waals surface area contributed by atoms with E-state index in [9.17, 15) is 9.59 Å². The summed E-state index contributed by atoms with van der Waals surface area (Å²) in [5.41, 5.74) is 0. The Morgan fingerprint density at radius 1 is 1.17 bits per heavy atom. The van der Waals surface area contributed by atoms with Crippen LogP contribution >= 0.6 is 0 Å². The van der Waals surface area contributed by atoms with Crippen molar-refractivity contribution < 1.29 is 9.59 Å². The molecule has 0 saturated carbocycles. The van der Waals surface area contributed by atoms with Crippen LogP contribution in [0.25, 0.3) is 0 Å². The van der Waals surface area contributed by atoms with Crippen LogP contribution in [-0.2, 0) is 9.59 Å². The lowest BCUT2D eigenvalue weighted by molar-refractivity contribution is -0.158. The number of carbonyl (C=O) groups is 2. The van der Waals surface area contributed by atoms with Gasteiger partial charge in [-0.05, 0) is 26.2 Å². The first-order valence-corrected chi connectivity index (χ1v) is 7.27. The fourth-order valence-corrected chi connectivity index (χ4v) is 3.06. The van der Waals surface area contributed by atoms with Gasteiger partial charge in [0.25, 0.3) is 0 Å². The monoisotopic (exact) mass is 252 g/mol. The zero-order valence-corrected chi connectivity index (χ0v) is 11.5. The van der Waals surface area contributed by atoms with Crippen LogP contribution in [0.15, 0.2) is 0 Å². The van der Waals surface area contributed by atoms with E-state index in [0.717, 1.165) is 38.8 Å². The molecule has 2 fully saturated rings. The molecule has 102 valence electrons. The highest BCUT2D eigenvalue weighted by molar-refractivity contribution is 5.97. The van der Waals surface area contributed by atoms with Crippen molar-refractivity contribution in [1.82, 2.24) is 9.80 Å². The van der Waals surface area contributed by atoms with Crippen molar-refractivity contribution in [3.05, 3.63) is 0 Å². The highest BCUT2D eigenvalue weighted by Crippen LogP contribution is 2.27. The van der Waals surface area contributed by atoms with E-state index in [1.165, 1.54) is 12.8 Å². The zero-order chi connectivity index (χ0) is 13.1. The quantitative estimate of drug-likeness (QED) is 0.700. The van der Waals surface area contributed by atoms with Crippen LogP contribution in [0.1, 0.15) is 52.4 Å². The first-order chi connectivity index (χ1) is 8.66. The summed E-state index contributed by atoms with van der Waals surface area (Å²) in [5, 5.41) is 0. The number of rotatable bonds is 5. The molecule has 2 rings (SSSR count). The molecule has 0 bridgehead atoms. The van der Waals surface area contributed by atoms with Crippen LogP contribution in [-0.4, -0.2) is 46.8 Å². The lowest BCUT2D eigenvalue weighted by Gasteiger charge is -2.41. The average Bonchev–Trinajstić information content (AvgIpc) is 2.85. The Bertz CT molecular complexity index is 330. The summed E-state index contributed by atoms with van der Waals surface area (Å²) in [6, 6.07) is -0.409. The molecule has 2 amide bonds. The number of unbranched alkanes of at least 4 members (excludes halogenated alkanes) is 3. The third-order valence-corrected chi connectivity index (χ3v) is 4.18. The van der Waals surface area contributed by atoms with Gasteiger partial charge in [0.2, 0.25) is 11.8 Å². The van der Waals surface area contributed by atoms with E-state index in [1.807, 2.05) is 11.8 Å². The number of fused-ring (bicyclic) bond motifs is 1. The van der Waals surface area contributed by atoms with Crippen LogP contribution in [0.2, 0.25) is 0 Å². The number of piperazine rings is 1. The lowest BCUT2D eigenvalue weighted by atomic mass is 10.1. The van der Waals surface area contributed by atoms with Crippen LogP contribution in [0.5, 0.6) is 0 Å². The highest BCUT2D eigenvalue weighted by atomic mass is 16.2. The first-order valence-electron chi connectivity index (χ1n) is 7.27. The molecule has 0 aliphatic carbocycles. The van der Waals surface area contributed by atoms with E-state index >= 15 is 0 Å². The molecule has 0 aromatic rings. The Balaban J connectivity index is 1.96. The number of nitrogens with zero attached hydrogens (tertiary/aromatic N) is 2. The summed E-state index contributed by atoms with van der Waals surface area (Å²) in [6.07, 6.45) is 6.39. The second-order valence-electron chi connectivity index (χ2n) is 5.46. The number of carbonyl (C=O) groups excluding carboxylic acids is 2. The van der Waals surface area contributed by atoms with E-state index in [1.54, 1.807) is 4.90 Å².